The number of rotatable bonds is 9. The lowest BCUT2D eigenvalue weighted by Gasteiger charge is -2.33. The number of amidine groups is 1. The molecule has 2 aromatic carbocycles. The van der Waals surface area contributed by atoms with Crippen molar-refractivity contribution in [2.24, 2.45) is 4.99 Å². The fourth-order valence-corrected chi connectivity index (χ4v) is 4.84. The maximum atomic E-state index is 13.5. The summed E-state index contributed by atoms with van der Waals surface area (Å²) < 4.78 is 0. The zero-order valence-corrected chi connectivity index (χ0v) is 22.2. The molecular formula is C29H34N6O4. The van der Waals surface area contributed by atoms with Gasteiger partial charge in [0.25, 0.3) is 5.91 Å². The van der Waals surface area contributed by atoms with Crippen molar-refractivity contribution >= 4 is 35.2 Å². The van der Waals surface area contributed by atoms with E-state index in [-0.39, 0.29) is 36.9 Å². The Bertz CT molecular complexity index is 1290. The molecule has 4 N–H and O–H groups in total. The zero-order valence-electron chi connectivity index (χ0n) is 22.2. The van der Waals surface area contributed by atoms with Gasteiger partial charge in [-0.1, -0.05) is 49.0 Å². The van der Waals surface area contributed by atoms with Crippen LogP contribution in [0.1, 0.15) is 42.5 Å². The number of benzene rings is 2. The molecule has 3 atom stereocenters. The van der Waals surface area contributed by atoms with Crippen LogP contribution in [0.5, 0.6) is 0 Å². The second kappa shape index (κ2) is 12.5. The first-order valence-electron chi connectivity index (χ1n) is 13.1. The largest absolute Gasteiger partial charge is 0.348 e. The van der Waals surface area contributed by atoms with E-state index in [9.17, 15) is 19.2 Å². The van der Waals surface area contributed by atoms with E-state index < -0.39 is 18.0 Å². The SMILES string of the molecule is C=CC(=O)Nc1cccc2c1CCCC2NC(=O)CN1C(=O)C(NC(=O)[C@H](C)NC)CN=C1c1ccccc1. The highest BCUT2D eigenvalue weighted by molar-refractivity contribution is 6.13. The monoisotopic (exact) mass is 530 g/mol. The van der Waals surface area contributed by atoms with Crippen LogP contribution in [-0.4, -0.2) is 66.6 Å². The number of carbonyl (C=O) groups excluding carboxylic acids is 4. The Hall–Kier alpha value is -4.31. The number of likely N-dealkylation sites (N-methyl/N-ethyl adjacent to an activating group) is 1. The first-order valence-corrected chi connectivity index (χ1v) is 13.1. The number of nitrogens with zero attached hydrogens (tertiary/aromatic N) is 2. The Morgan fingerprint density at radius 2 is 1.87 bits per heavy atom. The second-order valence-corrected chi connectivity index (χ2v) is 9.61. The van der Waals surface area contributed by atoms with Gasteiger partial charge in [0, 0.05) is 11.3 Å². The molecule has 2 unspecified atom stereocenters. The molecule has 0 spiro atoms. The molecule has 39 heavy (non-hydrogen) atoms. The predicted molar refractivity (Wildman–Crippen MR) is 149 cm³/mol. The summed E-state index contributed by atoms with van der Waals surface area (Å²) in [5, 5.41) is 11.5. The highest BCUT2D eigenvalue weighted by Gasteiger charge is 2.36. The Morgan fingerprint density at radius 1 is 1.10 bits per heavy atom. The van der Waals surface area contributed by atoms with Gasteiger partial charge in [-0.15, -0.1) is 0 Å². The number of nitrogens with one attached hydrogen (secondary N) is 4. The summed E-state index contributed by atoms with van der Waals surface area (Å²) >= 11 is 0. The minimum Gasteiger partial charge on any atom is -0.348 e. The number of fused-ring (bicyclic) bond motifs is 1. The number of carbonyl (C=O) groups is 4. The van der Waals surface area contributed by atoms with E-state index in [0.717, 1.165) is 30.4 Å². The standard InChI is InChI=1S/C29H34N6O4/c1-4-25(36)32-22-14-8-13-21-20(22)12-9-15-23(21)33-26(37)17-35-27(19-10-6-5-7-11-19)31-16-24(29(35)39)34-28(38)18(2)30-3/h4-8,10-11,13-14,18,23-24,30H,1,9,12,15-17H2,2-3H3,(H,32,36)(H,33,37)(H,34,38)/t18-,23?,24?/m0/s1. The number of hydrogen-bond acceptors (Lipinski definition) is 6. The van der Waals surface area contributed by atoms with Gasteiger partial charge in [-0.3, -0.25) is 29.1 Å². The molecule has 0 aromatic heterocycles. The van der Waals surface area contributed by atoms with Crippen molar-refractivity contribution in [1.29, 1.82) is 0 Å². The first kappa shape index (κ1) is 27.7. The van der Waals surface area contributed by atoms with E-state index in [1.54, 1.807) is 14.0 Å². The molecule has 1 aliphatic carbocycles. The maximum absolute atomic E-state index is 13.5. The van der Waals surface area contributed by atoms with Crippen LogP contribution in [0.4, 0.5) is 5.69 Å². The lowest BCUT2D eigenvalue weighted by Crippen LogP contribution is -2.59. The predicted octanol–water partition coefficient (Wildman–Crippen LogP) is 1.69. The van der Waals surface area contributed by atoms with Crippen LogP contribution in [0.3, 0.4) is 0 Å². The smallest absolute Gasteiger partial charge is 0.253 e. The highest BCUT2D eigenvalue weighted by atomic mass is 16.2. The Labute approximate surface area is 227 Å². The van der Waals surface area contributed by atoms with E-state index in [4.69, 9.17) is 0 Å². The Morgan fingerprint density at radius 3 is 2.59 bits per heavy atom. The summed E-state index contributed by atoms with van der Waals surface area (Å²) in [5.74, 6) is -0.968. The molecule has 10 heteroatoms. The van der Waals surface area contributed by atoms with Crippen molar-refractivity contribution in [2.45, 2.75) is 44.3 Å². The molecule has 0 radical (unpaired) electrons. The van der Waals surface area contributed by atoms with Crippen LogP contribution in [0, 0.1) is 0 Å². The van der Waals surface area contributed by atoms with Gasteiger partial charge in [0.1, 0.15) is 18.4 Å². The van der Waals surface area contributed by atoms with Crippen molar-refractivity contribution in [3.05, 3.63) is 77.9 Å². The van der Waals surface area contributed by atoms with Crippen molar-refractivity contribution in [3.63, 3.8) is 0 Å². The third-order valence-electron chi connectivity index (χ3n) is 7.01. The van der Waals surface area contributed by atoms with E-state index in [1.807, 2.05) is 48.5 Å². The van der Waals surface area contributed by atoms with Gasteiger partial charge in [0.05, 0.1) is 18.6 Å². The van der Waals surface area contributed by atoms with Crippen LogP contribution in [-0.2, 0) is 25.6 Å². The summed E-state index contributed by atoms with van der Waals surface area (Å²) in [7, 11) is 1.66. The normalized spacial score (nSPS) is 19.3. The third kappa shape index (κ3) is 6.40. The molecule has 2 aliphatic rings. The van der Waals surface area contributed by atoms with Crippen LogP contribution in [0.15, 0.2) is 66.2 Å². The fraction of sp³-hybridized carbons (Fsp3) is 0.345. The molecular weight excluding hydrogens is 496 g/mol. The summed E-state index contributed by atoms with van der Waals surface area (Å²) in [6.07, 6.45) is 3.55. The number of amides is 4. The van der Waals surface area contributed by atoms with E-state index in [1.165, 1.54) is 11.0 Å². The van der Waals surface area contributed by atoms with E-state index in [0.29, 0.717) is 17.1 Å². The minimum atomic E-state index is -0.875. The van der Waals surface area contributed by atoms with Crippen molar-refractivity contribution in [1.82, 2.24) is 20.9 Å². The van der Waals surface area contributed by atoms with Crippen LogP contribution in [0.2, 0.25) is 0 Å². The van der Waals surface area contributed by atoms with Crippen LogP contribution in [0.25, 0.3) is 0 Å². The van der Waals surface area contributed by atoms with E-state index in [2.05, 4.69) is 32.8 Å². The molecule has 0 bridgehead atoms. The van der Waals surface area contributed by atoms with E-state index >= 15 is 0 Å². The number of aliphatic imine (C=N–C) groups is 1. The Balaban J connectivity index is 1.54. The number of anilines is 1. The van der Waals surface area contributed by atoms with Gasteiger partial charge in [-0.05, 0) is 56.5 Å². The molecule has 4 rings (SSSR count). The molecule has 2 aromatic rings. The van der Waals surface area contributed by atoms with Gasteiger partial charge in [-0.25, -0.2) is 0 Å². The average Bonchev–Trinajstić information content (AvgIpc) is 2.95. The van der Waals surface area contributed by atoms with Crippen molar-refractivity contribution < 1.29 is 19.2 Å². The lowest BCUT2D eigenvalue weighted by molar-refractivity contribution is -0.136. The molecule has 4 amide bonds. The third-order valence-corrected chi connectivity index (χ3v) is 7.01. The van der Waals surface area contributed by atoms with Gasteiger partial charge in [0.2, 0.25) is 17.7 Å². The molecule has 10 nitrogen and oxygen atoms in total. The molecule has 0 saturated heterocycles. The quantitative estimate of drug-likeness (QED) is 0.367. The first-order chi connectivity index (χ1) is 18.8. The maximum Gasteiger partial charge on any atom is 0.253 e. The molecule has 204 valence electrons. The average molecular weight is 531 g/mol. The topological polar surface area (TPSA) is 132 Å². The summed E-state index contributed by atoms with van der Waals surface area (Å²) in [4.78, 5) is 57.2. The summed E-state index contributed by atoms with van der Waals surface area (Å²) in [5.41, 5.74) is 3.32. The summed E-state index contributed by atoms with van der Waals surface area (Å²) in [6, 6.07) is 13.2. The van der Waals surface area contributed by atoms with Crippen LogP contribution >= 0.6 is 0 Å². The van der Waals surface area contributed by atoms with Gasteiger partial charge in [0.15, 0.2) is 0 Å². The van der Waals surface area contributed by atoms with Gasteiger partial charge >= 0.3 is 0 Å². The molecule has 1 aliphatic heterocycles. The van der Waals surface area contributed by atoms with Gasteiger partial charge in [-0.2, -0.15) is 0 Å². The van der Waals surface area contributed by atoms with Crippen LogP contribution < -0.4 is 21.3 Å². The second-order valence-electron chi connectivity index (χ2n) is 9.61. The van der Waals surface area contributed by atoms with Crippen molar-refractivity contribution in [2.75, 3.05) is 25.5 Å². The molecule has 0 fully saturated rings. The fourth-order valence-electron chi connectivity index (χ4n) is 4.84. The summed E-state index contributed by atoms with van der Waals surface area (Å²) in [6.45, 7) is 5.04. The Kier molecular flexibility index (Phi) is 8.88. The minimum absolute atomic E-state index is 0.0819. The number of hydrogen-bond donors (Lipinski definition) is 4. The lowest BCUT2D eigenvalue weighted by atomic mass is 9.86. The molecule has 0 saturated carbocycles. The highest BCUT2D eigenvalue weighted by Crippen LogP contribution is 2.34. The van der Waals surface area contributed by atoms with Crippen molar-refractivity contribution in [3.8, 4) is 0 Å². The van der Waals surface area contributed by atoms with Gasteiger partial charge < -0.3 is 21.3 Å². The molecule has 1 heterocycles. The zero-order chi connectivity index (χ0) is 27.9.